The van der Waals surface area contributed by atoms with Crippen LogP contribution in [0.2, 0.25) is 0 Å². The number of carboxylic acids is 1. The van der Waals surface area contributed by atoms with E-state index in [0.29, 0.717) is 22.7 Å². The summed E-state index contributed by atoms with van der Waals surface area (Å²) in [6.45, 7) is 1.89. The molecule has 0 aliphatic carbocycles. The summed E-state index contributed by atoms with van der Waals surface area (Å²) in [7, 11) is 1.54. The van der Waals surface area contributed by atoms with E-state index in [1.165, 1.54) is 12.1 Å². The Morgan fingerprint density at radius 1 is 1.28 bits per heavy atom. The number of aliphatic hydroxyl groups is 1. The number of benzene rings is 1. The molecule has 0 saturated heterocycles. The molecule has 29 heavy (non-hydrogen) atoms. The van der Waals surface area contributed by atoms with E-state index in [2.05, 4.69) is 5.32 Å². The van der Waals surface area contributed by atoms with E-state index < -0.39 is 12.1 Å². The molecule has 0 bridgehead atoms. The Morgan fingerprint density at radius 3 is 2.69 bits per heavy atom. The number of alkyl halides is 1. The number of aliphatic hydroxyl groups excluding tert-OH is 1. The van der Waals surface area contributed by atoms with Gasteiger partial charge in [-0.25, -0.2) is 4.79 Å². The molecule has 1 unspecified atom stereocenters. The highest BCUT2D eigenvalue weighted by atomic mass is 35.5. The molecule has 0 saturated carbocycles. The number of pyridine rings is 1. The van der Waals surface area contributed by atoms with Gasteiger partial charge in [-0.15, -0.1) is 11.6 Å². The lowest BCUT2D eigenvalue weighted by Crippen LogP contribution is -2.22. The minimum atomic E-state index is -1.18. The fraction of sp³-hybridized carbons (Fsp3) is 0.238. The Kier molecular flexibility index (Phi) is 6.10. The number of hydrogen-bond donors (Lipinski definition) is 3. The zero-order chi connectivity index (χ0) is 21.1. The standard InChI is InChI=1S/C21H21ClN2O5/c1-12-18(24-8-4-3-5-17(24)20(12)29-2)19(26)13-6-7-16(15(9-13)21(27)28)23-11-14(25)10-22/h3-9,14,23,25H,10-11H2,1-2H3,(H,27,28). The summed E-state index contributed by atoms with van der Waals surface area (Å²) in [5.41, 5.74) is 2.30. The number of anilines is 1. The number of carbonyl (C=O) groups excluding carboxylic acids is 1. The Labute approximate surface area is 172 Å². The van der Waals surface area contributed by atoms with E-state index >= 15 is 0 Å². The van der Waals surface area contributed by atoms with Crippen LogP contribution >= 0.6 is 11.6 Å². The normalized spacial score (nSPS) is 12.0. The summed E-state index contributed by atoms with van der Waals surface area (Å²) >= 11 is 5.57. The molecule has 3 aromatic rings. The second-order valence-corrected chi connectivity index (χ2v) is 6.86. The fourth-order valence-corrected chi connectivity index (χ4v) is 3.39. The molecule has 7 nitrogen and oxygen atoms in total. The summed E-state index contributed by atoms with van der Waals surface area (Å²) in [6, 6.07) is 9.90. The van der Waals surface area contributed by atoms with Crippen molar-refractivity contribution in [3.05, 3.63) is 65.0 Å². The minimum absolute atomic E-state index is 0.0222. The Morgan fingerprint density at radius 2 is 2.03 bits per heavy atom. The number of nitrogens with one attached hydrogen (secondary N) is 1. The molecule has 2 heterocycles. The number of nitrogens with zero attached hydrogens (tertiary/aromatic N) is 1. The number of carboxylic acid groups (broad SMARTS) is 1. The molecule has 0 aliphatic rings. The van der Waals surface area contributed by atoms with Gasteiger partial charge >= 0.3 is 5.97 Å². The first kappa shape index (κ1) is 20.7. The Hall–Kier alpha value is -3.03. The lowest BCUT2D eigenvalue weighted by atomic mass is 10.0. The van der Waals surface area contributed by atoms with Crippen LogP contribution in [0.15, 0.2) is 42.6 Å². The zero-order valence-corrected chi connectivity index (χ0v) is 16.7. The van der Waals surface area contributed by atoms with Crippen LogP contribution in [0.1, 0.15) is 32.0 Å². The molecular weight excluding hydrogens is 396 g/mol. The topological polar surface area (TPSA) is 100 Å². The molecule has 3 rings (SSSR count). The van der Waals surface area contributed by atoms with Crippen molar-refractivity contribution >= 4 is 34.6 Å². The summed E-state index contributed by atoms with van der Waals surface area (Å²) in [6.07, 6.45) is 0.946. The summed E-state index contributed by atoms with van der Waals surface area (Å²) < 4.78 is 7.20. The minimum Gasteiger partial charge on any atom is -0.494 e. The van der Waals surface area contributed by atoms with Crippen LogP contribution in [0.4, 0.5) is 5.69 Å². The molecule has 0 spiro atoms. The highest BCUT2D eigenvalue weighted by Crippen LogP contribution is 2.32. The van der Waals surface area contributed by atoms with E-state index in [1.807, 2.05) is 12.1 Å². The van der Waals surface area contributed by atoms with Crippen molar-refractivity contribution in [2.24, 2.45) is 0 Å². The highest BCUT2D eigenvalue weighted by Gasteiger charge is 2.23. The number of aromatic carboxylic acids is 1. The Balaban J connectivity index is 2.04. The molecule has 152 valence electrons. The van der Waals surface area contributed by atoms with Crippen molar-refractivity contribution in [1.29, 1.82) is 0 Å². The molecule has 1 aromatic carbocycles. The highest BCUT2D eigenvalue weighted by molar-refractivity contribution is 6.18. The number of carbonyl (C=O) groups is 2. The second kappa shape index (κ2) is 8.55. The Bertz CT molecular complexity index is 1080. The second-order valence-electron chi connectivity index (χ2n) is 6.55. The van der Waals surface area contributed by atoms with Gasteiger partial charge in [0.25, 0.3) is 0 Å². The fourth-order valence-electron chi connectivity index (χ4n) is 3.28. The summed E-state index contributed by atoms with van der Waals surface area (Å²) in [5.74, 6) is -0.881. The van der Waals surface area contributed by atoms with Gasteiger partial charge in [0.2, 0.25) is 5.78 Å². The third-order valence-electron chi connectivity index (χ3n) is 4.67. The molecule has 3 N–H and O–H groups in total. The van der Waals surface area contributed by atoms with Crippen molar-refractivity contribution in [3.63, 3.8) is 0 Å². The van der Waals surface area contributed by atoms with Crippen LogP contribution in [0.5, 0.6) is 5.75 Å². The smallest absolute Gasteiger partial charge is 0.337 e. The number of aromatic nitrogens is 1. The maximum atomic E-state index is 13.3. The maximum absolute atomic E-state index is 13.3. The molecule has 0 fully saturated rings. The number of rotatable bonds is 8. The van der Waals surface area contributed by atoms with Gasteiger partial charge in [-0.2, -0.15) is 0 Å². The third kappa shape index (κ3) is 3.92. The molecule has 0 aliphatic heterocycles. The largest absolute Gasteiger partial charge is 0.494 e. The van der Waals surface area contributed by atoms with E-state index in [-0.39, 0.29) is 29.3 Å². The predicted molar refractivity (Wildman–Crippen MR) is 111 cm³/mol. The average molecular weight is 417 g/mol. The lowest BCUT2D eigenvalue weighted by molar-refractivity contribution is 0.0697. The number of methoxy groups -OCH3 is 1. The maximum Gasteiger partial charge on any atom is 0.337 e. The lowest BCUT2D eigenvalue weighted by Gasteiger charge is -2.13. The number of ketones is 1. The van der Waals surface area contributed by atoms with Crippen LogP contribution in [-0.2, 0) is 0 Å². The molecule has 0 radical (unpaired) electrons. The first-order valence-corrected chi connectivity index (χ1v) is 9.46. The summed E-state index contributed by atoms with van der Waals surface area (Å²) in [5, 5.41) is 22.0. The van der Waals surface area contributed by atoms with Crippen molar-refractivity contribution in [2.45, 2.75) is 13.0 Å². The van der Waals surface area contributed by atoms with Gasteiger partial charge in [-0.1, -0.05) is 6.07 Å². The molecule has 8 heteroatoms. The van der Waals surface area contributed by atoms with E-state index in [4.69, 9.17) is 16.3 Å². The predicted octanol–water partition coefficient (Wildman–Crippen LogP) is 3.20. The molecule has 0 amide bonds. The van der Waals surface area contributed by atoms with Gasteiger partial charge in [0.15, 0.2) is 0 Å². The SMILES string of the molecule is COc1c(C)c(C(=O)c2ccc(NCC(O)CCl)c(C(=O)O)c2)n2ccccc12. The van der Waals surface area contributed by atoms with Gasteiger partial charge < -0.3 is 24.7 Å². The zero-order valence-electron chi connectivity index (χ0n) is 16.0. The number of hydrogen-bond acceptors (Lipinski definition) is 5. The third-order valence-corrected chi connectivity index (χ3v) is 5.02. The quantitative estimate of drug-likeness (QED) is 0.385. The first-order chi connectivity index (χ1) is 13.9. The molecular formula is C21H21ClN2O5. The van der Waals surface area contributed by atoms with E-state index in [1.54, 1.807) is 36.8 Å². The number of ether oxygens (including phenoxy) is 1. The molecule has 2 aromatic heterocycles. The summed E-state index contributed by atoms with van der Waals surface area (Å²) in [4.78, 5) is 25.0. The average Bonchev–Trinajstić information content (AvgIpc) is 3.02. The van der Waals surface area contributed by atoms with Crippen molar-refractivity contribution in [1.82, 2.24) is 4.40 Å². The van der Waals surface area contributed by atoms with Gasteiger partial charge in [0.05, 0.1) is 30.2 Å². The van der Waals surface area contributed by atoms with Crippen LogP contribution in [0, 0.1) is 6.92 Å². The first-order valence-electron chi connectivity index (χ1n) is 8.92. The van der Waals surface area contributed by atoms with Crippen LogP contribution < -0.4 is 10.1 Å². The van der Waals surface area contributed by atoms with Gasteiger partial charge in [-0.05, 0) is 37.3 Å². The van der Waals surface area contributed by atoms with Crippen molar-refractivity contribution in [3.8, 4) is 5.75 Å². The molecule has 1 atom stereocenters. The van der Waals surface area contributed by atoms with Crippen LogP contribution in [-0.4, -0.2) is 52.0 Å². The van der Waals surface area contributed by atoms with E-state index in [9.17, 15) is 19.8 Å². The van der Waals surface area contributed by atoms with Crippen LogP contribution in [0.3, 0.4) is 0 Å². The number of fused-ring (bicyclic) bond motifs is 1. The van der Waals surface area contributed by atoms with Gasteiger partial charge in [0.1, 0.15) is 11.4 Å². The van der Waals surface area contributed by atoms with Crippen molar-refractivity contribution < 1.29 is 24.5 Å². The monoisotopic (exact) mass is 416 g/mol. The number of halogens is 1. The van der Waals surface area contributed by atoms with Gasteiger partial charge in [0, 0.05) is 29.6 Å². The van der Waals surface area contributed by atoms with Crippen molar-refractivity contribution in [2.75, 3.05) is 24.9 Å². The van der Waals surface area contributed by atoms with E-state index in [0.717, 1.165) is 5.52 Å². The van der Waals surface area contributed by atoms with Gasteiger partial charge in [-0.3, -0.25) is 4.79 Å². The van der Waals surface area contributed by atoms with Crippen LogP contribution in [0.25, 0.3) is 5.52 Å².